The molecule has 0 amide bonds. The summed E-state index contributed by atoms with van der Waals surface area (Å²) in [5.41, 5.74) is 4.67. The maximum atomic E-state index is 12.0. The molecule has 3 nitrogen and oxygen atoms in total. The van der Waals surface area contributed by atoms with Crippen LogP contribution >= 0.6 is 11.6 Å². The third-order valence-corrected chi connectivity index (χ3v) is 5.14. The van der Waals surface area contributed by atoms with Gasteiger partial charge in [-0.1, -0.05) is 90.5 Å². The summed E-state index contributed by atoms with van der Waals surface area (Å²) in [6, 6.07) is 33.2. The van der Waals surface area contributed by atoms with E-state index in [1.807, 2.05) is 85.8 Å². The summed E-state index contributed by atoms with van der Waals surface area (Å²) in [6.07, 6.45) is 0. The van der Waals surface area contributed by atoms with Gasteiger partial charge in [-0.15, -0.1) is 0 Å². The molecule has 0 aliphatic carbocycles. The Hall–Kier alpha value is -3.56. The smallest absolute Gasteiger partial charge is 0.338 e. The lowest BCUT2D eigenvalue weighted by Crippen LogP contribution is -2.06. The van der Waals surface area contributed by atoms with Gasteiger partial charge in [-0.2, -0.15) is 0 Å². The highest BCUT2D eigenvalue weighted by Gasteiger charge is 2.15. The molecule has 0 bridgehead atoms. The topological polar surface area (TPSA) is 35.5 Å². The van der Waals surface area contributed by atoms with E-state index in [9.17, 15) is 4.79 Å². The zero-order chi connectivity index (χ0) is 23.5. The normalized spacial score (nSPS) is 10.0. The predicted molar refractivity (Wildman–Crippen MR) is 135 cm³/mol. The van der Waals surface area contributed by atoms with Gasteiger partial charge in [0.1, 0.15) is 12.4 Å². The first-order chi connectivity index (χ1) is 16.1. The fourth-order valence-corrected chi connectivity index (χ4v) is 3.43. The Morgan fingerprint density at radius 1 is 0.788 bits per heavy atom. The van der Waals surface area contributed by atoms with Crippen molar-refractivity contribution in [3.8, 4) is 16.9 Å². The Morgan fingerprint density at radius 3 is 2.09 bits per heavy atom. The number of rotatable bonds is 6. The molecule has 0 radical (unpaired) electrons. The van der Waals surface area contributed by atoms with E-state index < -0.39 is 0 Å². The van der Waals surface area contributed by atoms with Crippen LogP contribution in [0.25, 0.3) is 11.1 Å². The quantitative estimate of drug-likeness (QED) is 0.277. The second kappa shape index (κ2) is 12.5. The molecule has 0 aliphatic rings. The van der Waals surface area contributed by atoms with Crippen LogP contribution in [0.3, 0.4) is 0 Å². The van der Waals surface area contributed by atoms with Crippen molar-refractivity contribution in [1.82, 2.24) is 0 Å². The van der Waals surface area contributed by atoms with Crippen molar-refractivity contribution in [2.45, 2.75) is 20.5 Å². The number of para-hydroxylation sites is 1. The Bertz CT molecular complexity index is 1120. The van der Waals surface area contributed by atoms with Gasteiger partial charge >= 0.3 is 5.97 Å². The summed E-state index contributed by atoms with van der Waals surface area (Å²) in [6.45, 7) is 4.78. The molecule has 0 atom stereocenters. The number of aryl methyl sites for hydroxylation is 1. The van der Waals surface area contributed by atoms with Crippen LogP contribution < -0.4 is 4.74 Å². The molecule has 0 unspecified atom stereocenters. The van der Waals surface area contributed by atoms with Crippen molar-refractivity contribution in [3.63, 3.8) is 0 Å². The lowest BCUT2D eigenvalue weighted by molar-refractivity contribution is 0.0527. The van der Waals surface area contributed by atoms with Crippen molar-refractivity contribution >= 4 is 17.6 Å². The number of hydrogen-bond donors (Lipinski definition) is 0. The Morgan fingerprint density at radius 2 is 1.42 bits per heavy atom. The molecule has 33 heavy (non-hydrogen) atoms. The van der Waals surface area contributed by atoms with Crippen LogP contribution in [0.2, 0.25) is 5.02 Å². The van der Waals surface area contributed by atoms with Gasteiger partial charge in [0.2, 0.25) is 0 Å². The number of halogens is 1. The van der Waals surface area contributed by atoms with Crippen LogP contribution in [-0.2, 0) is 11.3 Å². The van der Waals surface area contributed by atoms with Crippen molar-refractivity contribution in [3.05, 3.63) is 125 Å². The third-order valence-electron chi connectivity index (χ3n) is 4.90. The highest BCUT2D eigenvalue weighted by molar-refractivity contribution is 6.31. The molecule has 0 saturated carbocycles. The maximum absolute atomic E-state index is 12.0. The fraction of sp³-hybridized carbons (Fsp3) is 0.138. The molecule has 0 heterocycles. The standard InChI is InChI=1S/C16H15ClO2.C13H12O/c1-3-19-16(18)15-10-12(17)8-9-14(15)13-7-5-4-6-11(13)2;1-3-7-12(8-4-1)11-14-13-9-5-2-6-10-13/h4-10H,3H2,1-2H3;1-10H,11H2. The largest absolute Gasteiger partial charge is 0.489 e. The van der Waals surface area contributed by atoms with Gasteiger partial charge in [0, 0.05) is 5.02 Å². The van der Waals surface area contributed by atoms with E-state index in [0.717, 1.165) is 22.4 Å². The molecular formula is C29H27ClO3. The summed E-state index contributed by atoms with van der Waals surface area (Å²) in [7, 11) is 0. The second-order valence-corrected chi connectivity index (χ2v) is 7.75. The molecule has 4 aromatic rings. The van der Waals surface area contributed by atoms with E-state index in [2.05, 4.69) is 12.1 Å². The molecule has 0 aliphatic heterocycles. The van der Waals surface area contributed by atoms with Gasteiger partial charge in [0.15, 0.2) is 0 Å². The third kappa shape index (κ3) is 7.23. The fourth-order valence-electron chi connectivity index (χ4n) is 3.26. The van der Waals surface area contributed by atoms with Crippen LogP contribution in [-0.4, -0.2) is 12.6 Å². The Kier molecular flexibility index (Phi) is 9.10. The molecule has 0 spiro atoms. The molecule has 4 rings (SSSR count). The first-order valence-corrected chi connectivity index (χ1v) is 11.2. The zero-order valence-electron chi connectivity index (χ0n) is 18.8. The van der Waals surface area contributed by atoms with Crippen LogP contribution in [0, 0.1) is 6.92 Å². The monoisotopic (exact) mass is 458 g/mol. The first kappa shape index (κ1) is 24.1. The van der Waals surface area contributed by atoms with Crippen LogP contribution in [0.4, 0.5) is 0 Å². The van der Waals surface area contributed by atoms with Crippen LogP contribution in [0.5, 0.6) is 5.75 Å². The van der Waals surface area contributed by atoms with Gasteiger partial charge in [-0.25, -0.2) is 4.79 Å². The van der Waals surface area contributed by atoms with Crippen molar-refractivity contribution in [1.29, 1.82) is 0 Å². The molecule has 4 aromatic carbocycles. The molecule has 0 fully saturated rings. The maximum Gasteiger partial charge on any atom is 0.338 e. The lowest BCUT2D eigenvalue weighted by Gasteiger charge is -2.11. The number of carbonyl (C=O) groups excluding carboxylic acids is 1. The summed E-state index contributed by atoms with van der Waals surface area (Å²) in [4.78, 5) is 12.0. The van der Waals surface area contributed by atoms with E-state index in [-0.39, 0.29) is 5.97 Å². The number of carbonyl (C=O) groups is 1. The summed E-state index contributed by atoms with van der Waals surface area (Å²) in [5, 5.41) is 0.528. The molecule has 168 valence electrons. The lowest BCUT2D eigenvalue weighted by atomic mass is 9.96. The number of hydrogen-bond acceptors (Lipinski definition) is 3. The Labute approximate surface area is 200 Å². The summed E-state index contributed by atoms with van der Waals surface area (Å²) in [5.74, 6) is 0.569. The minimum atomic E-state index is -0.344. The minimum absolute atomic E-state index is 0.344. The van der Waals surface area contributed by atoms with Gasteiger partial charge < -0.3 is 9.47 Å². The van der Waals surface area contributed by atoms with Crippen LogP contribution in [0.1, 0.15) is 28.4 Å². The Balaban J connectivity index is 0.000000194. The SMILES string of the molecule is CCOC(=O)c1cc(Cl)ccc1-c1ccccc1C.c1ccc(COc2ccccc2)cc1. The van der Waals surface area contributed by atoms with Crippen molar-refractivity contribution in [2.24, 2.45) is 0 Å². The first-order valence-electron chi connectivity index (χ1n) is 10.8. The van der Waals surface area contributed by atoms with Crippen molar-refractivity contribution < 1.29 is 14.3 Å². The van der Waals surface area contributed by atoms with E-state index in [1.165, 1.54) is 5.56 Å². The highest BCUT2D eigenvalue weighted by atomic mass is 35.5. The van der Waals surface area contributed by atoms with Gasteiger partial charge in [-0.3, -0.25) is 0 Å². The second-order valence-electron chi connectivity index (χ2n) is 7.31. The molecule has 0 aromatic heterocycles. The number of esters is 1. The van der Waals surface area contributed by atoms with Gasteiger partial charge in [-0.05, 0) is 60.4 Å². The molecular weight excluding hydrogens is 432 g/mol. The summed E-state index contributed by atoms with van der Waals surface area (Å²) >= 11 is 5.98. The van der Waals surface area contributed by atoms with Crippen molar-refractivity contribution in [2.75, 3.05) is 6.61 Å². The van der Waals surface area contributed by atoms with Crippen LogP contribution in [0.15, 0.2) is 103 Å². The van der Waals surface area contributed by atoms with E-state index >= 15 is 0 Å². The van der Waals surface area contributed by atoms with E-state index in [4.69, 9.17) is 21.1 Å². The molecule has 0 N–H and O–H groups in total. The minimum Gasteiger partial charge on any atom is -0.489 e. The zero-order valence-corrected chi connectivity index (χ0v) is 19.6. The summed E-state index contributed by atoms with van der Waals surface area (Å²) < 4.78 is 10.7. The number of ether oxygens (including phenoxy) is 2. The average molecular weight is 459 g/mol. The van der Waals surface area contributed by atoms with Gasteiger partial charge in [0.25, 0.3) is 0 Å². The molecule has 0 saturated heterocycles. The average Bonchev–Trinajstić information content (AvgIpc) is 2.85. The number of benzene rings is 4. The highest BCUT2D eigenvalue weighted by Crippen LogP contribution is 2.29. The van der Waals surface area contributed by atoms with E-state index in [1.54, 1.807) is 19.1 Å². The molecule has 4 heteroatoms. The van der Waals surface area contributed by atoms with Gasteiger partial charge in [0.05, 0.1) is 12.2 Å². The predicted octanol–water partition coefficient (Wildman–Crippen LogP) is 7.76. The van der Waals surface area contributed by atoms with E-state index in [0.29, 0.717) is 23.8 Å².